The zero-order chi connectivity index (χ0) is 30.2. The van der Waals surface area contributed by atoms with E-state index in [0.717, 1.165) is 0 Å². The summed E-state index contributed by atoms with van der Waals surface area (Å²) < 4.78 is 2.40. The Morgan fingerprint density at radius 1 is 0.370 bits per heavy atom. The fourth-order valence-corrected chi connectivity index (χ4v) is 8.66. The Kier molecular flexibility index (Phi) is 5.58. The number of hydrogen-bond acceptors (Lipinski definition) is 1. The van der Waals surface area contributed by atoms with Gasteiger partial charge in [0.2, 0.25) is 0 Å². The van der Waals surface area contributed by atoms with Crippen molar-refractivity contribution >= 4 is 55.1 Å². The van der Waals surface area contributed by atoms with Crippen LogP contribution in [0.15, 0.2) is 174 Å². The molecule has 1 nitrogen and oxygen atoms in total. The first kappa shape index (κ1) is 25.7. The zero-order valence-corrected chi connectivity index (χ0v) is 25.8. The van der Waals surface area contributed by atoms with E-state index >= 15 is 0 Å². The van der Waals surface area contributed by atoms with Crippen molar-refractivity contribution in [2.45, 2.75) is 9.79 Å². The van der Waals surface area contributed by atoms with E-state index in [2.05, 4.69) is 168 Å². The van der Waals surface area contributed by atoms with Gasteiger partial charge in [-0.2, -0.15) is 0 Å². The average Bonchev–Trinajstić information content (AvgIpc) is 3.44. The third-order valence-electron chi connectivity index (χ3n) is 9.57. The molecule has 8 aromatic carbocycles. The quantitative estimate of drug-likeness (QED) is 0.195. The minimum atomic E-state index is 1.18. The summed E-state index contributed by atoms with van der Waals surface area (Å²) in [6.45, 7) is 0. The lowest BCUT2D eigenvalue weighted by atomic mass is 9.89. The van der Waals surface area contributed by atoms with Crippen molar-refractivity contribution in [2.75, 3.05) is 0 Å². The maximum Gasteiger partial charge on any atom is 0.0547 e. The van der Waals surface area contributed by atoms with E-state index in [0.29, 0.717) is 0 Å². The van der Waals surface area contributed by atoms with E-state index in [9.17, 15) is 0 Å². The van der Waals surface area contributed by atoms with Crippen molar-refractivity contribution in [2.24, 2.45) is 0 Å². The lowest BCUT2D eigenvalue weighted by Crippen LogP contribution is -1.94. The fraction of sp³-hybridized carbons (Fsp3) is 0. The zero-order valence-electron chi connectivity index (χ0n) is 24.9. The van der Waals surface area contributed by atoms with Crippen LogP contribution in [0.5, 0.6) is 0 Å². The van der Waals surface area contributed by atoms with Gasteiger partial charge in [0.15, 0.2) is 0 Å². The van der Waals surface area contributed by atoms with Crippen LogP contribution in [0.1, 0.15) is 0 Å². The highest BCUT2D eigenvalue weighted by Gasteiger charge is 2.21. The third-order valence-corrected chi connectivity index (χ3v) is 10.7. The van der Waals surface area contributed by atoms with Crippen molar-refractivity contribution in [1.29, 1.82) is 0 Å². The number of fused-ring (bicyclic) bond motifs is 6. The molecule has 0 aliphatic carbocycles. The molecule has 0 N–H and O–H groups in total. The van der Waals surface area contributed by atoms with Gasteiger partial charge in [-0.1, -0.05) is 127 Å². The van der Waals surface area contributed by atoms with Crippen LogP contribution < -0.4 is 0 Å². The molecule has 0 spiro atoms. The van der Waals surface area contributed by atoms with Gasteiger partial charge in [0.25, 0.3) is 0 Å². The van der Waals surface area contributed by atoms with Crippen molar-refractivity contribution in [3.8, 4) is 39.1 Å². The van der Waals surface area contributed by atoms with Gasteiger partial charge in [0.1, 0.15) is 0 Å². The van der Waals surface area contributed by atoms with Crippen LogP contribution in [-0.4, -0.2) is 4.57 Å². The summed E-state index contributed by atoms with van der Waals surface area (Å²) in [6.07, 6.45) is 0. The largest absolute Gasteiger partial charge is 0.309 e. The number of nitrogens with zero attached hydrogens (tertiary/aromatic N) is 1. The number of rotatable bonds is 3. The van der Waals surface area contributed by atoms with Crippen molar-refractivity contribution in [3.05, 3.63) is 164 Å². The number of para-hydroxylation sites is 2. The second-order valence-electron chi connectivity index (χ2n) is 12.1. The van der Waals surface area contributed by atoms with Crippen molar-refractivity contribution < 1.29 is 0 Å². The monoisotopic (exact) mass is 601 g/mol. The maximum atomic E-state index is 2.42. The summed E-state index contributed by atoms with van der Waals surface area (Å²) in [5.41, 5.74) is 11.3. The minimum Gasteiger partial charge on any atom is -0.309 e. The van der Waals surface area contributed by atoms with Crippen LogP contribution in [0.3, 0.4) is 0 Å². The molecular formula is C44H27NS. The lowest BCUT2D eigenvalue weighted by Gasteiger charge is -2.21. The number of aromatic nitrogens is 1. The Morgan fingerprint density at radius 2 is 1.09 bits per heavy atom. The van der Waals surface area contributed by atoms with Gasteiger partial charge in [-0.05, 0) is 98.1 Å². The van der Waals surface area contributed by atoms with Crippen LogP contribution in [0.25, 0.3) is 82.4 Å². The van der Waals surface area contributed by atoms with Crippen LogP contribution in [0.2, 0.25) is 0 Å². The first-order valence-corrected chi connectivity index (χ1v) is 16.6. The van der Waals surface area contributed by atoms with Crippen LogP contribution >= 0.6 is 11.8 Å². The lowest BCUT2D eigenvalue weighted by molar-refractivity contribution is 1.18. The summed E-state index contributed by atoms with van der Waals surface area (Å²) in [7, 11) is 0. The molecule has 2 heterocycles. The van der Waals surface area contributed by atoms with Gasteiger partial charge in [-0.15, -0.1) is 0 Å². The molecule has 0 saturated carbocycles. The summed E-state index contributed by atoms with van der Waals surface area (Å²) in [4.78, 5) is 2.65. The van der Waals surface area contributed by atoms with Gasteiger partial charge < -0.3 is 4.57 Å². The number of hydrogen-bond donors (Lipinski definition) is 0. The maximum absolute atomic E-state index is 2.42. The predicted octanol–water partition coefficient (Wildman–Crippen LogP) is 12.6. The first-order valence-electron chi connectivity index (χ1n) is 15.8. The molecule has 9 aromatic rings. The average molecular weight is 602 g/mol. The van der Waals surface area contributed by atoms with E-state index in [4.69, 9.17) is 0 Å². The molecule has 0 atom stereocenters. The molecule has 0 unspecified atom stereocenters. The topological polar surface area (TPSA) is 4.93 Å². The molecule has 46 heavy (non-hydrogen) atoms. The summed E-state index contributed by atoms with van der Waals surface area (Å²) in [6, 6.07) is 60.2. The molecule has 0 amide bonds. The fourth-order valence-electron chi connectivity index (χ4n) is 7.53. The van der Waals surface area contributed by atoms with Gasteiger partial charge in [0.05, 0.1) is 11.0 Å². The smallest absolute Gasteiger partial charge is 0.0547 e. The van der Waals surface area contributed by atoms with Crippen molar-refractivity contribution in [1.82, 2.24) is 4.57 Å². The summed E-state index contributed by atoms with van der Waals surface area (Å²) in [5.74, 6) is 0. The van der Waals surface area contributed by atoms with Crippen LogP contribution in [0.4, 0.5) is 0 Å². The normalized spacial score (nSPS) is 12.3. The molecule has 0 radical (unpaired) electrons. The SMILES string of the molecule is c1ccc(-n2c3ccccc3c3cc4c(-c5ccccc5-c5ccc6c(c5)-c5cccc7cccc(c57)S6)cccc4cc32)cc1. The van der Waals surface area contributed by atoms with Crippen LogP contribution in [-0.2, 0) is 0 Å². The molecule has 2 heteroatoms. The van der Waals surface area contributed by atoms with Crippen molar-refractivity contribution in [3.63, 3.8) is 0 Å². The molecule has 1 aromatic heterocycles. The molecule has 1 aliphatic heterocycles. The second kappa shape index (κ2) is 9.97. The first-order chi connectivity index (χ1) is 22.8. The molecule has 0 fully saturated rings. The van der Waals surface area contributed by atoms with Crippen LogP contribution in [0, 0.1) is 0 Å². The van der Waals surface area contributed by atoms with E-state index in [1.807, 2.05) is 11.8 Å². The van der Waals surface area contributed by atoms with Gasteiger partial charge in [-0.25, -0.2) is 0 Å². The Hall–Kier alpha value is -5.57. The second-order valence-corrected chi connectivity index (χ2v) is 13.2. The highest BCUT2D eigenvalue weighted by Crippen LogP contribution is 2.49. The molecular weight excluding hydrogens is 575 g/mol. The molecule has 0 bridgehead atoms. The van der Waals surface area contributed by atoms with E-state index < -0.39 is 0 Å². The Morgan fingerprint density at radius 3 is 1.98 bits per heavy atom. The van der Waals surface area contributed by atoms with E-state index in [-0.39, 0.29) is 0 Å². The molecule has 214 valence electrons. The highest BCUT2D eigenvalue weighted by molar-refractivity contribution is 7.99. The Labute approximate surface area is 271 Å². The minimum absolute atomic E-state index is 1.18. The molecule has 1 aliphatic rings. The van der Waals surface area contributed by atoms with Gasteiger partial charge in [-0.3, -0.25) is 0 Å². The molecule has 10 rings (SSSR count). The number of benzene rings is 8. The standard InChI is InChI=1S/C44H27NS/c1-2-14-31(15-3-1)45-40-21-7-6-18-35(40)38-27-37-29(26-41(38)45)13-9-19-34(37)33-17-5-4-16-32(33)30-23-24-42-39(25-30)36-20-8-11-28-12-10-22-43(46-42)44(28)36/h1-27H. The van der Waals surface area contributed by atoms with E-state index in [1.165, 1.54) is 92.2 Å². The summed E-state index contributed by atoms with van der Waals surface area (Å²) >= 11 is 1.88. The molecule has 0 saturated heterocycles. The van der Waals surface area contributed by atoms with Gasteiger partial charge in [0, 0.05) is 31.6 Å². The Bertz CT molecular complexity index is 2660. The van der Waals surface area contributed by atoms with Gasteiger partial charge >= 0.3 is 0 Å². The highest BCUT2D eigenvalue weighted by atomic mass is 32.2. The third kappa shape index (κ3) is 3.77. The Balaban J connectivity index is 1.19. The van der Waals surface area contributed by atoms with E-state index in [1.54, 1.807) is 0 Å². The summed E-state index contributed by atoms with van der Waals surface area (Å²) in [5, 5.41) is 7.72. The predicted molar refractivity (Wildman–Crippen MR) is 196 cm³/mol.